The first-order valence-electron chi connectivity index (χ1n) is 6.81. The van der Waals surface area contributed by atoms with Crippen LogP contribution in [0.5, 0.6) is 17.2 Å². The molecule has 2 aromatic carbocycles. The molecule has 0 unspecified atom stereocenters. The van der Waals surface area contributed by atoms with E-state index in [4.69, 9.17) is 5.11 Å². The number of phenols is 3. The van der Waals surface area contributed by atoms with Crippen molar-refractivity contribution in [1.29, 1.82) is 0 Å². The second kappa shape index (κ2) is 7.33. The van der Waals surface area contributed by atoms with Crippen molar-refractivity contribution in [1.82, 2.24) is 0 Å². The molecule has 0 aliphatic carbocycles. The molecule has 0 spiro atoms. The number of rotatable bonds is 3. The predicted molar refractivity (Wildman–Crippen MR) is 82.0 cm³/mol. The minimum atomic E-state index is -0.244. The minimum absolute atomic E-state index is 0.0429. The first-order chi connectivity index (χ1) is 9.99. The summed E-state index contributed by atoms with van der Waals surface area (Å²) in [7, 11) is 0. The van der Waals surface area contributed by atoms with Crippen LogP contribution in [0.3, 0.4) is 0 Å². The zero-order chi connectivity index (χ0) is 16.0. The molecule has 0 heterocycles. The summed E-state index contributed by atoms with van der Waals surface area (Å²) < 4.78 is 0. The Morgan fingerprint density at radius 2 is 1.52 bits per heavy atom. The number of benzene rings is 2. The number of ketones is 1. The Labute approximate surface area is 124 Å². The molecule has 0 aliphatic heterocycles. The van der Waals surface area contributed by atoms with Gasteiger partial charge in [-0.15, -0.1) is 0 Å². The van der Waals surface area contributed by atoms with Crippen molar-refractivity contribution < 1.29 is 20.1 Å². The van der Waals surface area contributed by atoms with E-state index < -0.39 is 0 Å². The zero-order valence-electron chi connectivity index (χ0n) is 12.4. The molecule has 0 aliphatic rings. The van der Waals surface area contributed by atoms with Crippen LogP contribution < -0.4 is 0 Å². The van der Waals surface area contributed by atoms with Gasteiger partial charge in [-0.1, -0.05) is 26.0 Å². The zero-order valence-corrected chi connectivity index (χ0v) is 12.4. The highest BCUT2D eigenvalue weighted by Gasteiger charge is 2.15. The van der Waals surface area contributed by atoms with E-state index in [0.717, 1.165) is 5.56 Å². The molecule has 2 aromatic rings. The van der Waals surface area contributed by atoms with Gasteiger partial charge in [0.1, 0.15) is 17.2 Å². The van der Waals surface area contributed by atoms with Crippen LogP contribution in [0.2, 0.25) is 0 Å². The molecule has 21 heavy (non-hydrogen) atoms. The van der Waals surface area contributed by atoms with E-state index in [1.165, 1.54) is 24.3 Å². The van der Waals surface area contributed by atoms with Gasteiger partial charge in [0.15, 0.2) is 5.78 Å². The maximum atomic E-state index is 12.1. The molecule has 2 rings (SSSR count). The molecule has 4 heteroatoms. The first-order valence-corrected chi connectivity index (χ1v) is 6.81. The molecule has 0 aromatic heterocycles. The van der Waals surface area contributed by atoms with Gasteiger partial charge in [-0.2, -0.15) is 0 Å². The van der Waals surface area contributed by atoms with Crippen molar-refractivity contribution in [2.45, 2.75) is 27.2 Å². The van der Waals surface area contributed by atoms with Crippen LogP contribution in [0.15, 0.2) is 36.4 Å². The van der Waals surface area contributed by atoms with Crippen molar-refractivity contribution in [3.05, 3.63) is 53.1 Å². The largest absolute Gasteiger partial charge is 0.508 e. The summed E-state index contributed by atoms with van der Waals surface area (Å²) in [6.45, 7) is 5.54. The van der Waals surface area contributed by atoms with Crippen molar-refractivity contribution in [3.8, 4) is 17.2 Å². The molecule has 0 saturated carbocycles. The number of hydrogen-bond acceptors (Lipinski definition) is 4. The summed E-state index contributed by atoms with van der Waals surface area (Å²) in [6.07, 6.45) is 0.123. The van der Waals surface area contributed by atoms with Gasteiger partial charge in [-0.05, 0) is 36.8 Å². The lowest BCUT2D eigenvalue weighted by Crippen LogP contribution is -2.04. The fourth-order valence-corrected chi connectivity index (χ4v) is 1.81. The van der Waals surface area contributed by atoms with Gasteiger partial charge in [0, 0.05) is 12.0 Å². The quantitative estimate of drug-likeness (QED) is 0.755. The Balaban J connectivity index is 0.00000106. The minimum Gasteiger partial charge on any atom is -0.508 e. The van der Waals surface area contributed by atoms with E-state index >= 15 is 0 Å². The Bertz CT molecular complexity index is 615. The highest BCUT2D eigenvalue weighted by atomic mass is 16.3. The number of carbonyl (C=O) groups excluding carboxylic acids is 1. The Kier molecular flexibility index (Phi) is 5.79. The van der Waals surface area contributed by atoms with E-state index in [9.17, 15) is 15.0 Å². The Morgan fingerprint density at radius 3 is 2.10 bits per heavy atom. The molecule has 0 saturated heterocycles. The topological polar surface area (TPSA) is 77.8 Å². The van der Waals surface area contributed by atoms with E-state index in [2.05, 4.69) is 0 Å². The van der Waals surface area contributed by atoms with Crippen molar-refractivity contribution in [2.24, 2.45) is 0 Å². The average molecular weight is 288 g/mol. The molecule has 112 valence electrons. The molecular formula is C17H20O4. The standard InChI is InChI=1S/C15H14O4.C2H6/c1-9-13(17)7-6-12(15(9)19)14(18)8-10-2-4-11(16)5-3-10;1-2/h2-7,16-17,19H,8H2,1H3;1-2H3. The number of Topliss-reactive ketones (excluding diaryl/α,β-unsaturated/α-hetero) is 1. The summed E-state index contributed by atoms with van der Waals surface area (Å²) in [6, 6.07) is 9.10. The summed E-state index contributed by atoms with van der Waals surface area (Å²) in [5.74, 6) is -0.340. The monoisotopic (exact) mass is 288 g/mol. The molecule has 0 bridgehead atoms. The summed E-state index contributed by atoms with van der Waals surface area (Å²) >= 11 is 0. The van der Waals surface area contributed by atoms with Crippen LogP contribution in [0.4, 0.5) is 0 Å². The summed E-state index contributed by atoms with van der Waals surface area (Å²) in [5.41, 5.74) is 1.22. The van der Waals surface area contributed by atoms with Crippen LogP contribution in [-0.2, 0) is 6.42 Å². The van der Waals surface area contributed by atoms with Crippen LogP contribution in [0.25, 0.3) is 0 Å². The molecule has 4 nitrogen and oxygen atoms in total. The summed E-state index contributed by atoms with van der Waals surface area (Å²) in [4.78, 5) is 12.1. The maximum Gasteiger partial charge on any atom is 0.170 e. The second-order valence-electron chi connectivity index (χ2n) is 4.37. The van der Waals surface area contributed by atoms with Crippen molar-refractivity contribution >= 4 is 5.78 Å². The Morgan fingerprint density at radius 1 is 0.952 bits per heavy atom. The van der Waals surface area contributed by atoms with Crippen molar-refractivity contribution in [3.63, 3.8) is 0 Å². The highest BCUT2D eigenvalue weighted by molar-refractivity contribution is 6.00. The number of hydrogen-bond donors (Lipinski definition) is 3. The maximum absolute atomic E-state index is 12.1. The fourth-order valence-electron chi connectivity index (χ4n) is 1.81. The smallest absolute Gasteiger partial charge is 0.170 e. The van der Waals surface area contributed by atoms with Crippen LogP contribution >= 0.6 is 0 Å². The normalized spacial score (nSPS) is 9.67. The first kappa shape index (κ1) is 16.6. The van der Waals surface area contributed by atoms with Crippen LogP contribution in [0.1, 0.15) is 35.3 Å². The molecular weight excluding hydrogens is 268 g/mol. The van der Waals surface area contributed by atoms with E-state index in [1.807, 2.05) is 13.8 Å². The van der Waals surface area contributed by atoms with E-state index in [0.29, 0.717) is 0 Å². The lowest BCUT2D eigenvalue weighted by Gasteiger charge is -2.08. The van der Waals surface area contributed by atoms with E-state index in [-0.39, 0.29) is 40.6 Å². The van der Waals surface area contributed by atoms with Crippen LogP contribution in [-0.4, -0.2) is 21.1 Å². The van der Waals surface area contributed by atoms with Gasteiger partial charge >= 0.3 is 0 Å². The number of phenolic OH excluding ortho intramolecular Hbond substituents is 3. The predicted octanol–water partition coefficient (Wildman–Crippen LogP) is 3.56. The summed E-state index contributed by atoms with van der Waals surface area (Å²) in [5, 5.41) is 28.4. The third-order valence-electron chi connectivity index (χ3n) is 3.00. The fraction of sp³-hybridized carbons (Fsp3) is 0.235. The number of carbonyl (C=O) groups is 1. The molecule has 0 amide bonds. The van der Waals surface area contributed by atoms with Crippen LogP contribution in [0, 0.1) is 6.92 Å². The second-order valence-corrected chi connectivity index (χ2v) is 4.37. The molecule has 3 N–H and O–H groups in total. The van der Waals surface area contributed by atoms with Gasteiger partial charge in [0.05, 0.1) is 5.56 Å². The molecule has 0 radical (unpaired) electrons. The van der Waals surface area contributed by atoms with Gasteiger partial charge in [-0.25, -0.2) is 0 Å². The van der Waals surface area contributed by atoms with Gasteiger partial charge in [0.25, 0.3) is 0 Å². The average Bonchev–Trinajstić information content (AvgIpc) is 2.49. The van der Waals surface area contributed by atoms with E-state index in [1.54, 1.807) is 19.1 Å². The third kappa shape index (κ3) is 3.99. The third-order valence-corrected chi connectivity index (χ3v) is 3.00. The molecule has 0 atom stereocenters. The Hall–Kier alpha value is -2.49. The number of aromatic hydroxyl groups is 3. The lowest BCUT2D eigenvalue weighted by atomic mass is 10.00. The van der Waals surface area contributed by atoms with Gasteiger partial charge < -0.3 is 15.3 Å². The van der Waals surface area contributed by atoms with Gasteiger partial charge in [-0.3, -0.25) is 4.79 Å². The van der Waals surface area contributed by atoms with Gasteiger partial charge in [0.2, 0.25) is 0 Å². The van der Waals surface area contributed by atoms with Crippen molar-refractivity contribution in [2.75, 3.05) is 0 Å². The lowest BCUT2D eigenvalue weighted by molar-refractivity contribution is 0.0990. The highest BCUT2D eigenvalue weighted by Crippen LogP contribution is 2.30. The SMILES string of the molecule is CC.Cc1c(O)ccc(C(=O)Cc2ccc(O)cc2)c1O. The molecule has 0 fully saturated rings.